The summed E-state index contributed by atoms with van der Waals surface area (Å²) >= 11 is 0. The molecule has 21 heavy (non-hydrogen) atoms. The highest BCUT2D eigenvalue weighted by Crippen LogP contribution is 2.28. The average molecular weight is 281 g/mol. The van der Waals surface area contributed by atoms with Gasteiger partial charge in [-0.3, -0.25) is 4.90 Å². The largest absolute Gasteiger partial charge is 0.478 e. The van der Waals surface area contributed by atoms with E-state index in [4.69, 9.17) is 0 Å². The molecule has 3 nitrogen and oxygen atoms in total. The molecule has 0 spiro atoms. The molecule has 2 aromatic rings. The van der Waals surface area contributed by atoms with Gasteiger partial charge in [0.25, 0.3) is 0 Å². The van der Waals surface area contributed by atoms with Gasteiger partial charge >= 0.3 is 5.97 Å². The molecule has 0 unspecified atom stereocenters. The second kappa shape index (κ2) is 6.10. The zero-order chi connectivity index (χ0) is 14.7. The Morgan fingerprint density at radius 3 is 2.29 bits per heavy atom. The lowest BCUT2D eigenvalue weighted by atomic mass is 9.95. The summed E-state index contributed by atoms with van der Waals surface area (Å²) in [5.41, 5.74) is 3.40. The van der Waals surface area contributed by atoms with Crippen LogP contribution in [0.15, 0.2) is 48.5 Å². The lowest BCUT2D eigenvalue weighted by Crippen LogP contribution is -2.18. The van der Waals surface area contributed by atoms with Crippen LogP contribution in [0.25, 0.3) is 11.1 Å². The van der Waals surface area contributed by atoms with Crippen LogP contribution in [0.4, 0.5) is 0 Å². The van der Waals surface area contributed by atoms with Gasteiger partial charge in [0.05, 0.1) is 5.56 Å². The standard InChI is InChI=1S/C18H19NO2/c20-18(21)17-10-4-3-9-16(17)15-8-2-1-7-14(15)13-19-11-5-6-12-19/h1-4,7-10H,5-6,11-13H2,(H,20,21). The number of hydrogen-bond donors (Lipinski definition) is 1. The predicted octanol–water partition coefficient (Wildman–Crippen LogP) is 3.65. The van der Waals surface area contributed by atoms with Crippen LogP contribution in [0.1, 0.15) is 28.8 Å². The van der Waals surface area contributed by atoms with Crippen LogP contribution in [-0.4, -0.2) is 29.1 Å². The molecule has 3 heteroatoms. The Labute approximate surface area is 124 Å². The molecular weight excluding hydrogens is 262 g/mol. The van der Waals surface area contributed by atoms with Crippen molar-refractivity contribution >= 4 is 5.97 Å². The molecule has 0 aromatic heterocycles. The maximum Gasteiger partial charge on any atom is 0.336 e. The van der Waals surface area contributed by atoms with E-state index in [1.54, 1.807) is 12.1 Å². The van der Waals surface area contributed by atoms with Crippen molar-refractivity contribution in [3.8, 4) is 11.1 Å². The normalized spacial score (nSPS) is 15.2. The fraction of sp³-hybridized carbons (Fsp3) is 0.278. The molecule has 0 saturated carbocycles. The maximum atomic E-state index is 11.4. The summed E-state index contributed by atoms with van der Waals surface area (Å²) in [5.74, 6) is -0.874. The summed E-state index contributed by atoms with van der Waals surface area (Å²) in [6, 6.07) is 15.4. The van der Waals surface area contributed by atoms with E-state index in [2.05, 4.69) is 11.0 Å². The minimum Gasteiger partial charge on any atom is -0.478 e. The molecule has 1 aliphatic rings. The summed E-state index contributed by atoms with van der Waals surface area (Å²) in [5, 5.41) is 9.39. The SMILES string of the molecule is O=C(O)c1ccccc1-c1ccccc1CN1CCCC1. The highest BCUT2D eigenvalue weighted by Gasteiger charge is 2.17. The van der Waals surface area contributed by atoms with Crippen LogP contribution in [0.2, 0.25) is 0 Å². The van der Waals surface area contributed by atoms with Gasteiger partial charge in [0.1, 0.15) is 0 Å². The number of likely N-dealkylation sites (tertiary alicyclic amines) is 1. The van der Waals surface area contributed by atoms with E-state index in [1.807, 2.05) is 30.3 Å². The topological polar surface area (TPSA) is 40.5 Å². The number of aromatic carboxylic acids is 1. The van der Waals surface area contributed by atoms with Gasteiger partial charge in [-0.15, -0.1) is 0 Å². The molecule has 3 rings (SSSR count). The van der Waals surface area contributed by atoms with Crippen LogP contribution in [0, 0.1) is 0 Å². The lowest BCUT2D eigenvalue weighted by molar-refractivity contribution is 0.0697. The lowest BCUT2D eigenvalue weighted by Gasteiger charge is -2.18. The number of hydrogen-bond acceptors (Lipinski definition) is 2. The Kier molecular flexibility index (Phi) is 4.02. The molecule has 0 aliphatic carbocycles. The van der Waals surface area contributed by atoms with Crippen LogP contribution >= 0.6 is 0 Å². The third-order valence-electron chi connectivity index (χ3n) is 4.06. The van der Waals surface area contributed by atoms with Gasteiger partial charge in [-0.05, 0) is 48.7 Å². The molecule has 1 saturated heterocycles. The highest BCUT2D eigenvalue weighted by molar-refractivity contribution is 5.96. The first-order valence-electron chi connectivity index (χ1n) is 7.38. The van der Waals surface area contributed by atoms with E-state index in [1.165, 1.54) is 18.4 Å². The number of nitrogens with zero attached hydrogens (tertiary/aromatic N) is 1. The highest BCUT2D eigenvalue weighted by atomic mass is 16.4. The molecular formula is C18H19NO2. The Morgan fingerprint density at radius 1 is 0.952 bits per heavy atom. The van der Waals surface area contributed by atoms with E-state index in [0.717, 1.165) is 30.8 Å². The van der Waals surface area contributed by atoms with Crippen molar-refractivity contribution < 1.29 is 9.90 Å². The third-order valence-corrected chi connectivity index (χ3v) is 4.06. The number of rotatable bonds is 4. The van der Waals surface area contributed by atoms with Crippen LogP contribution in [0.3, 0.4) is 0 Å². The van der Waals surface area contributed by atoms with E-state index in [-0.39, 0.29) is 0 Å². The van der Waals surface area contributed by atoms with Crippen LogP contribution in [-0.2, 0) is 6.54 Å². The maximum absolute atomic E-state index is 11.4. The second-order valence-electron chi connectivity index (χ2n) is 5.49. The van der Waals surface area contributed by atoms with Gasteiger partial charge < -0.3 is 5.11 Å². The van der Waals surface area contributed by atoms with E-state index in [0.29, 0.717) is 5.56 Å². The minimum absolute atomic E-state index is 0.367. The number of carboxylic acids is 1. The van der Waals surface area contributed by atoms with Gasteiger partial charge in [0.2, 0.25) is 0 Å². The Bertz CT molecular complexity index is 645. The molecule has 1 heterocycles. The van der Waals surface area contributed by atoms with Gasteiger partial charge in [-0.25, -0.2) is 4.79 Å². The monoisotopic (exact) mass is 281 g/mol. The van der Waals surface area contributed by atoms with Crippen molar-refractivity contribution in [2.45, 2.75) is 19.4 Å². The molecule has 0 atom stereocenters. The van der Waals surface area contributed by atoms with Gasteiger partial charge in [0.15, 0.2) is 0 Å². The zero-order valence-electron chi connectivity index (χ0n) is 12.0. The third kappa shape index (κ3) is 2.98. The quantitative estimate of drug-likeness (QED) is 0.930. The summed E-state index contributed by atoms with van der Waals surface area (Å²) in [7, 11) is 0. The molecule has 0 amide bonds. The smallest absolute Gasteiger partial charge is 0.336 e. The number of carbonyl (C=O) groups is 1. The average Bonchev–Trinajstić information content (AvgIpc) is 3.01. The summed E-state index contributed by atoms with van der Waals surface area (Å²) in [6.07, 6.45) is 2.52. The molecule has 1 N–H and O–H groups in total. The zero-order valence-corrected chi connectivity index (χ0v) is 12.0. The van der Waals surface area contributed by atoms with Crippen LogP contribution < -0.4 is 0 Å². The van der Waals surface area contributed by atoms with E-state index < -0.39 is 5.97 Å². The Hall–Kier alpha value is -2.13. The van der Waals surface area contributed by atoms with E-state index in [9.17, 15) is 9.90 Å². The number of benzene rings is 2. The summed E-state index contributed by atoms with van der Waals surface area (Å²) < 4.78 is 0. The second-order valence-corrected chi connectivity index (χ2v) is 5.49. The number of carboxylic acid groups (broad SMARTS) is 1. The Balaban J connectivity index is 2.00. The molecule has 0 radical (unpaired) electrons. The van der Waals surface area contributed by atoms with Crippen LogP contribution in [0.5, 0.6) is 0 Å². The fourth-order valence-corrected chi connectivity index (χ4v) is 3.01. The Morgan fingerprint density at radius 2 is 1.57 bits per heavy atom. The first-order chi connectivity index (χ1) is 10.3. The summed E-state index contributed by atoms with van der Waals surface area (Å²) in [6.45, 7) is 3.16. The van der Waals surface area contributed by atoms with Gasteiger partial charge in [0, 0.05) is 6.54 Å². The van der Waals surface area contributed by atoms with Gasteiger partial charge in [-0.1, -0.05) is 42.5 Å². The van der Waals surface area contributed by atoms with Gasteiger partial charge in [-0.2, -0.15) is 0 Å². The molecule has 1 aliphatic heterocycles. The van der Waals surface area contributed by atoms with Crippen molar-refractivity contribution in [1.82, 2.24) is 4.90 Å². The molecule has 2 aromatic carbocycles. The van der Waals surface area contributed by atoms with Crippen molar-refractivity contribution in [3.05, 3.63) is 59.7 Å². The molecule has 1 fully saturated rings. The van der Waals surface area contributed by atoms with Crippen molar-refractivity contribution in [2.75, 3.05) is 13.1 Å². The van der Waals surface area contributed by atoms with Crippen molar-refractivity contribution in [3.63, 3.8) is 0 Å². The fourth-order valence-electron chi connectivity index (χ4n) is 3.01. The summed E-state index contributed by atoms with van der Waals surface area (Å²) in [4.78, 5) is 13.9. The van der Waals surface area contributed by atoms with Crippen molar-refractivity contribution in [2.24, 2.45) is 0 Å². The van der Waals surface area contributed by atoms with Crippen molar-refractivity contribution in [1.29, 1.82) is 0 Å². The predicted molar refractivity (Wildman–Crippen MR) is 83.3 cm³/mol. The molecule has 0 bridgehead atoms. The van der Waals surface area contributed by atoms with E-state index >= 15 is 0 Å². The molecule has 108 valence electrons. The first kappa shape index (κ1) is 13.8. The minimum atomic E-state index is -0.874. The first-order valence-corrected chi connectivity index (χ1v) is 7.38.